The minimum Gasteiger partial charge on any atom is -0.464 e. The molecule has 2 rings (SSSR count). The van der Waals surface area contributed by atoms with E-state index in [9.17, 15) is 4.79 Å². The summed E-state index contributed by atoms with van der Waals surface area (Å²) >= 11 is 1.76. The maximum absolute atomic E-state index is 11.2. The highest BCUT2D eigenvalue weighted by Crippen LogP contribution is 2.41. The van der Waals surface area contributed by atoms with Gasteiger partial charge in [0.25, 0.3) is 0 Å². The van der Waals surface area contributed by atoms with E-state index in [1.54, 1.807) is 11.8 Å². The molecule has 1 aromatic rings. The molecule has 0 bridgehead atoms. The molecule has 0 amide bonds. The molecule has 1 atom stereocenters. The fourth-order valence-corrected chi connectivity index (χ4v) is 2.93. The molecule has 1 aliphatic rings. The maximum Gasteiger partial charge on any atom is 0.307 e. The molecule has 1 fully saturated rings. The molecule has 80 valence electrons. The zero-order valence-corrected chi connectivity index (χ0v) is 9.55. The summed E-state index contributed by atoms with van der Waals surface area (Å²) in [6.07, 6.45) is 1.49. The molecule has 1 unspecified atom stereocenters. The Bertz CT molecular complexity index is 350. The summed E-state index contributed by atoms with van der Waals surface area (Å²) in [5.74, 6) is -0.0692. The van der Waals surface area contributed by atoms with E-state index in [4.69, 9.17) is 4.74 Å². The molecule has 0 aromatic heterocycles. The molecule has 1 heterocycles. The normalized spacial score (nSPS) is 25.3. The van der Waals surface area contributed by atoms with Gasteiger partial charge >= 0.3 is 5.97 Å². The zero-order valence-electron chi connectivity index (χ0n) is 8.73. The van der Waals surface area contributed by atoms with Crippen LogP contribution in [0, 0.1) is 0 Å². The van der Waals surface area contributed by atoms with Gasteiger partial charge < -0.3 is 4.74 Å². The number of ether oxygens (including phenoxy) is 1. The average molecular weight is 222 g/mol. The van der Waals surface area contributed by atoms with E-state index in [0.717, 1.165) is 6.42 Å². The number of esters is 1. The largest absolute Gasteiger partial charge is 0.464 e. The minimum absolute atomic E-state index is 0.0432. The lowest BCUT2D eigenvalue weighted by atomic mass is 10.1. The van der Waals surface area contributed by atoms with Crippen LogP contribution in [0.2, 0.25) is 0 Å². The van der Waals surface area contributed by atoms with Crippen LogP contribution in [0.1, 0.15) is 19.8 Å². The number of carbonyl (C=O) groups is 1. The second-order valence-corrected chi connectivity index (χ2v) is 5.33. The van der Waals surface area contributed by atoms with E-state index < -0.39 is 0 Å². The lowest BCUT2D eigenvalue weighted by molar-refractivity contribution is -0.137. The van der Waals surface area contributed by atoms with Gasteiger partial charge in [-0.1, -0.05) is 25.1 Å². The number of carbonyl (C=O) groups excluding carboxylic acids is 1. The van der Waals surface area contributed by atoms with Crippen LogP contribution in [0.15, 0.2) is 35.2 Å². The molecule has 0 N–H and O–H groups in total. The Balaban J connectivity index is 2.12. The molecule has 1 aliphatic heterocycles. The number of cyclic esters (lactones) is 1. The van der Waals surface area contributed by atoms with Gasteiger partial charge in [-0.15, -0.1) is 11.8 Å². The lowest BCUT2D eigenvalue weighted by Crippen LogP contribution is -2.23. The fourth-order valence-electron chi connectivity index (χ4n) is 1.68. The van der Waals surface area contributed by atoms with E-state index in [0.29, 0.717) is 13.0 Å². The molecule has 3 heteroatoms. The van der Waals surface area contributed by atoms with Crippen LogP contribution in [0.4, 0.5) is 0 Å². The van der Waals surface area contributed by atoms with Crippen LogP contribution >= 0.6 is 11.8 Å². The van der Waals surface area contributed by atoms with Crippen LogP contribution < -0.4 is 0 Å². The van der Waals surface area contributed by atoms with Crippen molar-refractivity contribution in [3.63, 3.8) is 0 Å². The molecular formula is C12H14O2S. The summed E-state index contributed by atoms with van der Waals surface area (Å²) in [4.78, 5) is 12.4. The smallest absolute Gasteiger partial charge is 0.307 e. The Labute approximate surface area is 94.0 Å². The van der Waals surface area contributed by atoms with Crippen molar-refractivity contribution in [2.75, 3.05) is 6.61 Å². The van der Waals surface area contributed by atoms with Crippen molar-refractivity contribution in [2.24, 2.45) is 0 Å². The monoisotopic (exact) mass is 222 g/mol. The number of rotatable bonds is 3. The first-order chi connectivity index (χ1) is 7.24. The van der Waals surface area contributed by atoms with Crippen LogP contribution in [0.5, 0.6) is 0 Å². The van der Waals surface area contributed by atoms with Gasteiger partial charge in [0, 0.05) is 4.90 Å². The van der Waals surface area contributed by atoms with Crippen molar-refractivity contribution < 1.29 is 9.53 Å². The average Bonchev–Trinajstić information content (AvgIpc) is 2.62. The van der Waals surface area contributed by atoms with Gasteiger partial charge in [-0.25, -0.2) is 0 Å². The van der Waals surface area contributed by atoms with Gasteiger partial charge in [-0.05, 0) is 18.6 Å². The minimum atomic E-state index is -0.0692. The highest BCUT2D eigenvalue weighted by molar-refractivity contribution is 8.00. The Morgan fingerprint density at radius 2 is 2.13 bits per heavy atom. The van der Waals surface area contributed by atoms with E-state index in [1.165, 1.54) is 4.90 Å². The van der Waals surface area contributed by atoms with Gasteiger partial charge in [-0.2, -0.15) is 0 Å². The third-order valence-corrected chi connectivity index (χ3v) is 4.18. The van der Waals surface area contributed by atoms with Crippen molar-refractivity contribution in [1.29, 1.82) is 0 Å². The lowest BCUT2D eigenvalue weighted by Gasteiger charge is -2.23. The van der Waals surface area contributed by atoms with E-state index in [-0.39, 0.29) is 10.7 Å². The maximum atomic E-state index is 11.2. The third-order valence-electron chi connectivity index (χ3n) is 2.68. The first-order valence-corrected chi connectivity index (χ1v) is 5.95. The first-order valence-electron chi connectivity index (χ1n) is 5.14. The Kier molecular flexibility index (Phi) is 3.00. The van der Waals surface area contributed by atoms with Gasteiger partial charge in [0.1, 0.15) is 6.61 Å². The summed E-state index contributed by atoms with van der Waals surface area (Å²) in [6, 6.07) is 10.2. The van der Waals surface area contributed by atoms with E-state index in [1.807, 2.05) is 18.2 Å². The SMILES string of the molecule is CCC1(Sc2ccccc2)COC(=O)C1. The Morgan fingerprint density at radius 1 is 1.40 bits per heavy atom. The number of benzene rings is 1. The van der Waals surface area contributed by atoms with Gasteiger partial charge in [0.05, 0.1) is 11.2 Å². The zero-order chi connectivity index (χ0) is 10.7. The highest BCUT2D eigenvalue weighted by Gasteiger charge is 2.39. The van der Waals surface area contributed by atoms with Gasteiger partial charge in [-0.3, -0.25) is 4.79 Å². The van der Waals surface area contributed by atoms with Crippen LogP contribution in [-0.4, -0.2) is 17.3 Å². The summed E-state index contributed by atoms with van der Waals surface area (Å²) in [5, 5.41) is 0. The molecule has 15 heavy (non-hydrogen) atoms. The van der Waals surface area contributed by atoms with E-state index in [2.05, 4.69) is 19.1 Å². The molecular weight excluding hydrogens is 208 g/mol. The van der Waals surface area contributed by atoms with Crippen molar-refractivity contribution >= 4 is 17.7 Å². The first kappa shape index (κ1) is 10.6. The summed E-state index contributed by atoms with van der Waals surface area (Å²) < 4.78 is 5.03. The van der Waals surface area contributed by atoms with Crippen molar-refractivity contribution in [2.45, 2.75) is 29.4 Å². The molecule has 1 aromatic carbocycles. The predicted octanol–water partition coefficient (Wildman–Crippen LogP) is 2.87. The van der Waals surface area contributed by atoms with Crippen molar-refractivity contribution in [1.82, 2.24) is 0 Å². The second-order valence-electron chi connectivity index (χ2n) is 3.79. The highest BCUT2D eigenvalue weighted by atomic mass is 32.2. The second kappa shape index (κ2) is 4.27. The van der Waals surface area contributed by atoms with Gasteiger partial charge in [0.15, 0.2) is 0 Å². The number of hydrogen-bond donors (Lipinski definition) is 0. The Morgan fingerprint density at radius 3 is 2.67 bits per heavy atom. The molecule has 2 nitrogen and oxygen atoms in total. The number of thioether (sulfide) groups is 1. The van der Waals surface area contributed by atoms with Crippen molar-refractivity contribution in [3.8, 4) is 0 Å². The fraction of sp³-hybridized carbons (Fsp3) is 0.417. The summed E-state index contributed by atoms with van der Waals surface area (Å²) in [6.45, 7) is 2.65. The topological polar surface area (TPSA) is 26.3 Å². The molecule has 0 saturated carbocycles. The predicted molar refractivity (Wildman–Crippen MR) is 60.9 cm³/mol. The quantitative estimate of drug-likeness (QED) is 0.736. The molecule has 0 aliphatic carbocycles. The van der Waals surface area contributed by atoms with Crippen LogP contribution in [0.3, 0.4) is 0 Å². The molecule has 1 saturated heterocycles. The van der Waals surface area contributed by atoms with Gasteiger partial charge in [0.2, 0.25) is 0 Å². The molecule has 0 spiro atoms. The third kappa shape index (κ3) is 2.34. The van der Waals surface area contributed by atoms with Crippen LogP contribution in [-0.2, 0) is 9.53 Å². The summed E-state index contributed by atoms with van der Waals surface area (Å²) in [7, 11) is 0. The Hall–Kier alpha value is -0.960. The summed E-state index contributed by atoms with van der Waals surface area (Å²) in [5.41, 5.74) is 0. The number of hydrogen-bond acceptors (Lipinski definition) is 3. The van der Waals surface area contributed by atoms with Crippen molar-refractivity contribution in [3.05, 3.63) is 30.3 Å². The van der Waals surface area contributed by atoms with Crippen LogP contribution in [0.25, 0.3) is 0 Å². The molecule has 0 radical (unpaired) electrons. The standard InChI is InChI=1S/C12H14O2S/c1-2-12(8-11(13)14-9-12)15-10-6-4-3-5-7-10/h3-7H,2,8-9H2,1H3. The van der Waals surface area contributed by atoms with E-state index >= 15 is 0 Å².